The largest absolute Gasteiger partial charge is 0.352 e. The zero-order valence-electron chi connectivity index (χ0n) is 10.4. The number of carbonyl (C=O) groups excluding carboxylic acids is 2. The molecule has 0 heterocycles. The van der Waals surface area contributed by atoms with Gasteiger partial charge in [0.15, 0.2) is 0 Å². The van der Waals surface area contributed by atoms with Crippen LogP contribution < -0.4 is 16.0 Å². The highest BCUT2D eigenvalue weighted by atomic mass is 19.1. The number of hydrogen-bond donors (Lipinski definition) is 3. The molecule has 0 spiro atoms. The van der Waals surface area contributed by atoms with Gasteiger partial charge in [0.2, 0.25) is 11.8 Å². The Bertz CT molecular complexity index is 457. The van der Waals surface area contributed by atoms with E-state index in [2.05, 4.69) is 16.0 Å². The fraction of sp³-hybridized carbons (Fsp3) is 0.385. The van der Waals surface area contributed by atoms with Crippen LogP contribution >= 0.6 is 0 Å². The molecular weight excluding hydrogens is 249 g/mol. The van der Waals surface area contributed by atoms with Crippen LogP contribution in [0.5, 0.6) is 0 Å². The number of carbonyl (C=O) groups is 2. The molecule has 2 amide bonds. The Morgan fingerprint density at radius 2 is 1.74 bits per heavy atom. The van der Waals surface area contributed by atoms with Crippen molar-refractivity contribution >= 4 is 17.5 Å². The molecule has 1 aliphatic rings. The molecule has 5 nitrogen and oxygen atoms in total. The van der Waals surface area contributed by atoms with Crippen LogP contribution in [0.3, 0.4) is 0 Å². The van der Waals surface area contributed by atoms with E-state index in [0.717, 1.165) is 12.8 Å². The summed E-state index contributed by atoms with van der Waals surface area (Å²) in [5, 5.41) is 8.16. The lowest BCUT2D eigenvalue weighted by atomic mass is 10.3. The number of halogens is 1. The first-order valence-electron chi connectivity index (χ1n) is 6.19. The molecule has 0 aliphatic heterocycles. The van der Waals surface area contributed by atoms with Crippen molar-refractivity contribution in [3.63, 3.8) is 0 Å². The number of rotatable bonds is 6. The highest BCUT2D eigenvalue weighted by molar-refractivity contribution is 5.92. The summed E-state index contributed by atoms with van der Waals surface area (Å²) in [5.41, 5.74) is 0.524. The predicted octanol–water partition coefficient (Wildman–Crippen LogP) is 0.632. The van der Waals surface area contributed by atoms with E-state index in [1.54, 1.807) is 0 Å². The van der Waals surface area contributed by atoms with Crippen LogP contribution in [0.1, 0.15) is 12.8 Å². The molecule has 102 valence electrons. The first kappa shape index (κ1) is 13.5. The molecule has 19 heavy (non-hydrogen) atoms. The Labute approximate surface area is 110 Å². The Kier molecular flexibility index (Phi) is 4.46. The van der Waals surface area contributed by atoms with Gasteiger partial charge >= 0.3 is 0 Å². The van der Waals surface area contributed by atoms with E-state index < -0.39 is 0 Å². The maximum absolute atomic E-state index is 12.7. The number of benzene rings is 1. The smallest absolute Gasteiger partial charge is 0.238 e. The zero-order chi connectivity index (χ0) is 13.7. The van der Waals surface area contributed by atoms with Crippen LogP contribution in [-0.2, 0) is 9.59 Å². The minimum Gasteiger partial charge on any atom is -0.352 e. The lowest BCUT2D eigenvalue weighted by Crippen LogP contribution is -2.38. The van der Waals surface area contributed by atoms with E-state index in [4.69, 9.17) is 0 Å². The van der Waals surface area contributed by atoms with Crippen molar-refractivity contribution in [1.29, 1.82) is 0 Å². The van der Waals surface area contributed by atoms with E-state index in [-0.39, 0.29) is 30.7 Å². The first-order valence-corrected chi connectivity index (χ1v) is 6.19. The van der Waals surface area contributed by atoms with Gasteiger partial charge in [-0.3, -0.25) is 14.9 Å². The van der Waals surface area contributed by atoms with Crippen molar-refractivity contribution < 1.29 is 14.0 Å². The highest BCUT2D eigenvalue weighted by Gasteiger charge is 2.22. The molecule has 6 heteroatoms. The van der Waals surface area contributed by atoms with Gasteiger partial charge in [0, 0.05) is 11.7 Å². The van der Waals surface area contributed by atoms with E-state index >= 15 is 0 Å². The molecule has 1 aliphatic carbocycles. The van der Waals surface area contributed by atoms with Crippen molar-refractivity contribution in [2.45, 2.75) is 18.9 Å². The lowest BCUT2D eigenvalue weighted by molar-refractivity contribution is -0.120. The predicted molar refractivity (Wildman–Crippen MR) is 69.1 cm³/mol. The third-order valence-corrected chi connectivity index (χ3v) is 2.64. The maximum atomic E-state index is 12.7. The standard InChI is InChI=1S/C13H16FN3O2/c14-9-1-3-10(4-2-9)16-12(18)7-15-8-13(19)17-11-5-6-11/h1-4,11,15H,5-8H2,(H,16,18)(H,17,19). The van der Waals surface area contributed by atoms with Crippen LogP contribution in [0.2, 0.25) is 0 Å². The summed E-state index contributed by atoms with van der Waals surface area (Å²) >= 11 is 0. The number of hydrogen-bond acceptors (Lipinski definition) is 3. The van der Waals surface area contributed by atoms with Crippen molar-refractivity contribution in [2.24, 2.45) is 0 Å². The van der Waals surface area contributed by atoms with Gasteiger partial charge in [0.05, 0.1) is 13.1 Å². The highest BCUT2D eigenvalue weighted by Crippen LogP contribution is 2.18. The molecule has 1 fully saturated rings. The fourth-order valence-electron chi connectivity index (χ4n) is 1.53. The summed E-state index contributed by atoms with van der Waals surface area (Å²) in [7, 11) is 0. The Balaban J connectivity index is 1.63. The monoisotopic (exact) mass is 265 g/mol. The quantitative estimate of drug-likeness (QED) is 0.706. The summed E-state index contributed by atoms with van der Waals surface area (Å²) in [6, 6.07) is 5.82. The molecule has 0 unspecified atom stereocenters. The van der Waals surface area contributed by atoms with Crippen LogP contribution in [0, 0.1) is 5.82 Å². The van der Waals surface area contributed by atoms with Gasteiger partial charge in [-0.1, -0.05) is 0 Å². The second-order valence-corrected chi connectivity index (χ2v) is 4.50. The summed E-state index contributed by atoms with van der Waals surface area (Å²) < 4.78 is 12.7. The van der Waals surface area contributed by atoms with Gasteiger partial charge in [0.25, 0.3) is 0 Å². The van der Waals surface area contributed by atoms with Crippen LogP contribution in [0.25, 0.3) is 0 Å². The molecule has 1 saturated carbocycles. The minimum absolute atomic E-state index is 0.0372. The third kappa shape index (κ3) is 5.05. The maximum Gasteiger partial charge on any atom is 0.238 e. The molecular formula is C13H16FN3O2. The number of nitrogens with one attached hydrogen (secondary N) is 3. The van der Waals surface area contributed by atoms with E-state index in [0.29, 0.717) is 11.7 Å². The summed E-state index contributed by atoms with van der Waals surface area (Å²) in [6.45, 7) is 0.156. The van der Waals surface area contributed by atoms with Crippen LogP contribution in [0.4, 0.5) is 10.1 Å². The van der Waals surface area contributed by atoms with E-state index in [1.807, 2.05) is 0 Å². The molecule has 0 bridgehead atoms. The molecule has 0 radical (unpaired) electrons. The molecule has 3 N–H and O–H groups in total. The van der Waals surface area contributed by atoms with Gasteiger partial charge < -0.3 is 10.6 Å². The molecule has 1 aromatic carbocycles. The normalized spacial score (nSPS) is 13.9. The van der Waals surface area contributed by atoms with Gasteiger partial charge in [-0.25, -0.2) is 4.39 Å². The molecule has 0 aromatic heterocycles. The van der Waals surface area contributed by atoms with Crippen molar-refractivity contribution in [3.05, 3.63) is 30.1 Å². The molecule has 1 aromatic rings. The second-order valence-electron chi connectivity index (χ2n) is 4.50. The van der Waals surface area contributed by atoms with Gasteiger partial charge in [0.1, 0.15) is 5.82 Å². The molecule has 2 rings (SSSR count). The van der Waals surface area contributed by atoms with Gasteiger partial charge in [-0.2, -0.15) is 0 Å². The molecule has 0 saturated heterocycles. The van der Waals surface area contributed by atoms with Crippen LogP contribution in [-0.4, -0.2) is 30.9 Å². The third-order valence-electron chi connectivity index (χ3n) is 2.64. The Morgan fingerprint density at radius 1 is 1.11 bits per heavy atom. The van der Waals surface area contributed by atoms with Crippen molar-refractivity contribution in [1.82, 2.24) is 10.6 Å². The Hall–Kier alpha value is -1.95. The van der Waals surface area contributed by atoms with Crippen molar-refractivity contribution in [2.75, 3.05) is 18.4 Å². The topological polar surface area (TPSA) is 70.2 Å². The summed E-state index contributed by atoms with van der Waals surface area (Å²) in [5.74, 6) is -0.726. The van der Waals surface area contributed by atoms with Gasteiger partial charge in [-0.15, -0.1) is 0 Å². The number of anilines is 1. The SMILES string of the molecule is O=C(CNCC(=O)NC1CC1)Nc1ccc(F)cc1. The average Bonchev–Trinajstić information content (AvgIpc) is 3.16. The lowest BCUT2D eigenvalue weighted by Gasteiger charge is -2.07. The van der Waals surface area contributed by atoms with Crippen LogP contribution in [0.15, 0.2) is 24.3 Å². The number of amides is 2. The van der Waals surface area contributed by atoms with E-state index in [1.165, 1.54) is 24.3 Å². The van der Waals surface area contributed by atoms with E-state index in [9.17, 15) is 14.0 Å². The summed E-state index contributed by atoms with van der Waals surface area (Å²) in [6.07, 6.45) is 2.08. The minimum atomic E-state index is -0.354. The first-order chi connectivity index (χ1) is 9.13. The molecule has 0 atom stereocenters. The zero-order valence-corrected chi connectivity index (χ0v) is 10.4. The fourth-order valence-corrected chi connectivity index (χ4v) is 1.53. The van der Waals surface area contributed by atoms with Crippen molar-refractivity contribution in [3.8, 4) is 0 Å². The summed E-state index contributed by atoms with van der Waals surface area (Å²) in [4.78, 5) is 22.8. The average molecular weight is 265 g/mol. The Morgan fingerprint density at radius 3 is 2.37 bits per heavy atom. The second kappa shape index (κ2) is 6.29. The van der Waals surface area contributed by atoms with Gasteiger partial charge in [-0.05, 0) is 37.1 Å².